The molecular formula is C26H33ClN5O5PS. The number of benzene rings is 2. The number of aromatic nitrogens is 2. The summed E-state index contributed by atoms with van der Waals surface area (Å²) >= 11 is 6.35. The number of methoxy groups -OCH3 is 1. The van der Waals surface area contributed by atoms with Crippen LogP contribution in [0.4, 0.5) is 23.1 Å². The van der Waals surface area contributed by atoms with E-state index >= 15 is 0 Å². The van der Waals surface area contributed by atoms with Gasteiger partial charge in [0.15, 0.2) is 15.7 Å². The summed E-state index contributed by atoms with van der Waals surface area (Å²) in [5.74, 6) is 0.929. The summed E-state index contributed by atoms with van der Waals surface area (Å²) in [6, 6.07) is 12.0. The van der Waals surface area contributed by atoms with Crippen LogP contribution in [0.15, 0.2) is 53.6 Å². The highest BCUT2D eigenvalue weighted by Crippen LogP contribution is 2.47. The lowest BCUT2D eigenvalue weighted by Crippen LogP contribution is -2.38. The highest BCUT2D eigenvalue weighted by molar-refractivity contribution is 7.92. The molecule has 10 nitrogen and oxygen atoms in total. The van der Waals surface area contributed by atoms with Gasteiger partial charge in [-0.15, -0.1) is 0 Å². The van der Waals surface area contributed by atoms with Gasteiger partial charge in [-0.25, -0.2) is 13.4 Å². The van der Waals surface area contributed by atoms with Gasteiger partial charge in [0.25, 0.3) is 0 Å². The van der Waals surface area contributed by atoms with Gasteiger partial charge in [0.05, 0.1) is 41.4 Å². The maximum Gasteiger partial charge on any atom is 0.229 e. The monoisotopic (exact) mass is 593 g/mol. The van der Waals surface area contributed by atoms with Crippen LogP contribution in [0.25, 0.3) is 0 Å². The second-order valence-corrected chi connectivity index (χ2v) is 15.6. The minimum Gasteiger partial charge on any atom is -0.495 e. The predicted octanol–water partition coefficient (Wildman–Crippen LogP) is 4.10. The first kappa shape index (κ1) is 29.3. The molecule has 3 N–H and O–H groups in total. The fourth-order valence-electron chi connectivity index (χ4n) is 4.32. The number of rotatable bonds is 10. The normalized spacial score (nSPS) is 15.7. The van der Waals surface area contributed by atoms with Crippen molar-refractivity contribution in [3.8, 4) is 5.75 Å². The van der Waals surface area contributed by atoms with Gasteiger partial charge in [-0.05, 0) is 44.2 Å². The molecule has 0 unspecified atom stereocenters. The van der Waals surface area contributed by atoms with E-state index in [9.17, 15) is 18.1 Å². The van der Waals surface area contributed by atoms with Crippen molar-refractivity contribution in [3.05, 3.63) is 53.7 Å². The molecule has 0 aliphatic carbocycles. The third kappa shape index (κ3) is 6.56. The Kier molecular flexibility index (Phi) is 9.18. The van der Waals surface area contributed by atoms with Gasteiger partial charge >= 0.3 is 0 Å². The highest BCUT2D eigenvalue weighted by atomic mass is 35.5. The zero-order valence-corrected chi connectivity index (χ0v) is 24.6. The summed E-state index contributed by atoms with van der Waals surface area (Å²) in [5, 5.41) is 15.7. The molecule has 13 heteroatoms. The third-order valence-electron chi connectivity index (χ3n) is 6.68. The van der Waals surface area contributed by atoms with Gasteiger partial charge in [0, 0.05) is 37.3 Å². The van der Waals surface area contributed by atoms with Crippen LogP contribution in [0.5, 0.6) is 5.75 Å². The molecule has 0 saturated carbocycles. The van der Waals surface area contributed by atoms with Crippen LogP contribution in [-0.2, 0) is 14.4 Å². The number of aliphatic hydroxyl groups is 1. The Hall–Kier alpha value is -2.69. The number of hydrogen-bond donors (Lipinski definition) is 3. The quantitative estimate of drug-likeness (QED) is 0.295. The molecule has 0 amide bonds. The molecule has 39 heavy (non-hydrogen) atoms. The fraction of sp³-hybridized carbons (Fsp3) is 0.385. The SMILES string of the molecule is COc1cc(P2(=O)CCN(CCO)CC2)ccc1Nc1ncc(Cl)c(Nc2ccccc2S(=O)(=O)C(C)C)n1. The van der Waals surface area contributed by atoms with Crippen LogP contribution in [0, 0.1) is 0 Å². The lowest BCUT2D eigenvalue weighted by atomic mass is 10.3. The minimum atomic E-state index is -3.55. The predicted molar refractivity (Wildman–Crippen MR) is 156 cm³/mol. The number of nitrogens with zero attached hydrogens (tertiary/aromatic N) is 3. The van der Waals surface area contributed by atoms with Crippen molar-refractivity contribution in [3.63, 3.8) is 0 Å². The Bertz CT molecular complexity index is 1480. The Balaban J connectivity index is 1.57. The fourth-order valence-corrected chi connectivity index (χ4v) is 8.31. The van der Waals surface area contributed by atoms with Crippen molar-refractivity contribution in [1.82, 2.24) is 14.9 Å². The van der Waals surface area contributed by atoms with Crippen LogP contribution in [-0.4, -0.2) is 79.3 Å². The van der Waals surface area contributed by atoms with Crippen molar-refractivity contribution in [2.45, 2.75) is 24.0 Å². The average molecular weight is 594 g/mol. The van der Waals surface area contributed by atoms with Gasteiger partial charge in [-0.1, -0.05) is 23.7 Å². The molecule has 1 aromatic heterocycles. The number of aliphatic hydroxyl groups excluding tert-OH is 1. The van der Waals surface area contributed by atoms with E-state index in [0.29, 0.717) is 49.1 Å². The molecule has 4 rings (SSSR count). The van der Waals surface area contributed by atoms with Crippen molar-refractivity contribution < 1.29 is 22.8 Å². The first-order valence-electron chi connectivity index (χ1n) is 12.6. The standard InChI is InChI=1S/C26H33ClN5O5PS/c1-18(2)39(35,36)24-7-5-4-6-22(24)29-25-20(27)17-28-26(31-25)30-21-9-8-19(16-23(21)37-3)38(34)14-11-32(10-13-33)12-15-38/h4-9,16-18,33H,10-15H2,1-3H3,(H2,28,29,30,31). The molecule has 0 atom stereocenters. The smallest absolute Gasteiger partial charge is 0.229 e. The molecule has 0 spiro atoms. The average Bonchev–Trinajstić information content (AvgIpc) is 2.92. The van der Waals surface area contributed by atoms with E-state index in [2.05, 4.69) is 25.5 Å². The number of anilines is 4. The lowest BCUT2D eigenvalue weighted by molar-refractivity contribution is 0.205. The maximum atomic E-state index is 13.7. The molecule has 2 aromatic carbocycles. The van der Waals surface area contributed by atoms with Crippen molar-refractivity contribution in [2.75, 3.05) is 56.3 Å². The van der Waals surface area contributed by atoms with Gasteiger partial charge in [0.2, 0.25) is 5.95 Å². The van der Waals surface area contributed by atoms with Gasteiger partial charge in [-0.2, -0.15) is 4.98 Å². The first-order chi connectivity index (χ1) is 18.6. The van der Waals surface area contributed by atoms with E-state index in [1.165, 1.54) is 13.3 Å². The number of halogens is 1. The number of nitrogens with one attached hydrogen (secondary N) is 2. The largest absolute Gasteiger partial charge is 0.495 e. The third-order valence-corrected chi connectivity index (χ3v) is 12.2. The Morgan fingerprint density at radius 3 is 2.51 bits per heavy atom. The van der Waals surface area contributed by atoms with E-state index in [0.717, 1.165) is 5.30 Å². The van der Waals surface area contributed by atoms with Crippen LogP contribution in [0.1, 0.15) is 13.8 Å². The highest BCUT2D eigenvalue weighted by Gasteiger charge is 2.31. The summed E-state index contributed by atoms with van der Waals surface area (Å²) in [4.78, 5) is 11.0. The van der Waals surface area contributed by atoms with Gasteiger partial charge in [0.1, 0.15) is 17.9 Å². The van der Waals surface area contributed by atoms with E-state index in [-0.39, 0.29) is 28.3 Å². The summed E-state index contributed by atoms with van der Waals surface area (Å²) < 4.78 is 45.0. The second-order valence-electron chi connectivity index (χ2n) is 9.52. The molecule has 1 fully saturated rings. The number of para-hydroxylation sites is 1. The topological polar surface area (TPSA) is 134 Å². The van der Waals surface area contributed by atoms with Crippen LogP contribution in [0.2, 0.25) is 5.02 Å². The van der Waals surface area contributed by atoms with Crippen LogP contribution >= 0.6 is 18.7 Å². The molecule has 3 aromatic rings. The minimum absolute atomic E-state index is 0.0893. The number of β-amino-alcohol motifs (C(OH)–C–C–N with tert-alkyl or cyclic N) is 1. The maximum absolute atomic E-state index is 13.7. The molecular weight excluding hydrogens is 561 g/mol. The zero-order chi connectivity index (χ0) is 28.2. The summed E-state index contributed by atoms with van der Waals surface area (Å²) in [5.41, 5.74) is 0.928. The van der Waals surface area contributed by atoms with Crippen LogP contribution < -0.4 is 20.7 Å². The van der Waals surface area contributed by atoms with E-state index in [4.69, 9.17) is 16.3 Å². The van der Waals surface area contributed by atoms with E-state index in [1.807, 2.05) is 6.07 Å². The van der Waals surface area contributed by atoms with Crippen molar-refractivity contribution in [1.29, 1.82) is 0 Å². The summed E-state index contributed by atoms with van der Waals surface area (Å²) in [7, 11) is -4.60. The van der Waals surface area contributed by atoms with Gasteiger partial charge < -0.3 is 29.9 Å². The molecule has 1 aliphatic rings. The molecule has 1 saturated heterocycles. The van der Waals surface area contributed by atoms with Crippen molar-refractivity contribution in [2.24, 2.45) is 0 Å². The zero-order valence-electron chi connectivity index (χ0n) is 22.1. The molecule has 1 aliphatic heterocycles. The van der Waals surface area contributed by atoms with E-state index < -0.39 is 22.2 Å². The van der Waals surface area contributed by atoms with Crippen LogP contribution in [0.3, 0.4) is 0 Å². The summed E-state index contributed by atoms with van der Waals surface area (Å²) in [6.45, 7) is 5.28. The molecule has 0 radical (unpaired) electrons. The molecule has 210 valence electrons. The number of ether oxygens (including phenoxy) is 1. The van der Waals surface area contributed by atoms with Gasteiger partial charge in [-0.3, -0.25) is 0 Å². The Labute approximate surface area is 234 Å². The number of hydrogen-bond acceptors (Lipinski definition) is 10. The van der Waals surface area contributed by atoms with Crippen molar-refractivity contribution >= 4 is 57.0 Å². The number of sulfone groups is 1. The van der Waals surface area contributed by atoms with E-state index in [1.54, 1.807) is 50.2 Å². The first-order valence-corrected chi connectivity index (χ1v) is 16.6. The Morgan fingerprint density at radius 1 is 1.13 bits per heavy atom. The lowest BCUT2D eigenvalue weighted by Gasteiger charge is -2.32. The summed E-state index contributed by atoms with van der Waals surface area (Å²) in [6.07, 6.45) is 2.51. The molecule has 2 heterocycles. The Morgan fingerprint density at radius 2 is 1.85 bits per heavy atom. The molecule has 0 bridgehead atoms. The second kappa shape index (κ2) is 12.2.